The Labute approximate surface area is 108 Å². The third-order valence-corrected chi connectivity index (χ3v) is 3.40. The molecule has 18 heavy (non-hydrogen) atoms. The molecule has 1 N–H and O–H groups in total. The summed E-state index contributed by atoms with van der Waals surface area (Å²) in [5.74, 6) is 0.429. The van der Waals surface area contributed by atoms with Crippen molar-refractivity contribution in [1.82, 2.24) is 4.98 Å². The third kappa shape index (κ3) is 2.63. The molecule has 0 atom stereocenters. The summed E-state index contributed by atoms with van der Waals surface area (Å²) in [6.07, 6.45) is 4.19. The Balaban J connectivity index is 2.39. The van der Waals surface area contributed by atoms with Crippen molar-refractivity contribution in [2.24, 2.45) is 5.92 Å². The van der Waals surface area contributed by atoms with Gasteiger partial charge < -0.3 is 10.0 Å². The molecule has 0 spiro atoms. The van der Waals surface area contributed by atoms with E-state index in [1.165, 1.54) is 12.8 Å². The number of nitrogens with zero attached hydrogens (tertiary/aromatic N) is 2. The SMILES string of the molecule is Cc1ccnc(N(CC2CC2)C(C)C)c1C(=O)O. The lowest BCUT2D eigenvalue weighted by Gasteiger charge is -2.29. The van der Waals surface area contributed by atoms with E-state index < -0.39 is 5.97 Å². The van der Waals surface area contributed by atoms with Crippen molar-refractivity contribution in [1.29, 1.82) is 0 Å². The van der Waals surface area contributed by atoms with Gasteiger partial charge in [-0.2, -0.15) is 0 Å². The monoisotopic (exact) mass is 248 g/mol. The van der Waals surface area contributed by atoms with Crippen molar-refractivity contribution in [3.05, 3.63) is 23.4 Å². The zero-order valence-corrected chi connectivity index (χ0v) is 11.2. The number of aromatic nitrogens is 1. The van der Waals surface area contributed by atoms with Crippen LogP contribution in [0.4, 0.5) is 5.82 Å². The smallest absolute Gasteiger partial charge is 0.339 e. The number of rotatable bonds is 5. The maximum atomic E-state index is 11.4. The van der Waals surface area contributed by atoms with Gasteiger partial charge in [0.05, 0.1) is 0 Å². The van der Waals surface area contributed by atoms with Gasteiger partial charge in [0.15, 0.2) is 0 Å². The number of carbonyl (C=O) groups is 1. The maximum absolute atomic E-state index is 11.4. The molecule has 1 aliphatic carbocycles. The van der Waals surface area contributed by atoms with E-state index in [9.17, 15) is 9.90 Å². The first-order chi connectivity index (χ1) is 8.50. The lowest BCUT2D eigenvalue weighted by Crippen LogP contribution is -2.35. The second-order valence-electron chi connectivity index (χ2n) is 5.32. The Morgan fingerprint density at radius 3 is 2.72 bits per heavy atom. The molecule has 98 valence electrons. The van der Waals surface area contributed by atoms with Crippen LogP contribution in [-0.2, 0) is 0 Å². The standard InChI is InChI=1S/C14H20N2O2/c1-9(2)16(8-11-4-5-11)13-12(14(17)18)10(3)6-7-15-13/h6-7,9,11H,4-5,8H2,1-3H3,(H,17,18). The van der Waals surface area contributed by atoms with Crippen LogP contribution in [-0.4, -0.2) is 28.6 Å². The first-order valence-corrected chi connectivity index (χ1v) is 6.46. The quantitative estimate of drug-likeness (QED) is 0.870. The minimum atomic E-state index is -0.892. The van der Waals surface area contributed by atoms with Crippen LogP contribution in [0.15, 0.2) is 12.3 Å². The van der Waals surface area contributed by atoms with Crippen molar-refractivity contribution in [3.63, 3.8) is 0 Å². The number of aromatic carboxylic acids is 1. The molecule has 4 nitrogen and oxygen atoms in total. The zero-order valence-electron chi connectivity index (χ0n) is 11.2. The van der Waals surface area contributed by atoms with Gasteiger partial charge in [-0.3, -0.25) is 0 Å². The minimum absolute atomic E-state index is 0.262. The number of aryl methyl sites for hydroxylation is 1. The lowest BCUT2D eigenvalue weighted by atomic mass is 10.1. The normalized spacial score (nSPS) is 14.9. The summed E-state index contributed by atoms with van der Waals surface area (Å²) in [4.78, 5) is 17.8. The fourth-order valence-electron chi connectivity index (χ4n) is 2.15. The second kappa shape index (κ2) is 4.96. The van der Waals surface area contributed by atoms with Crippen molar-refractivity contribution >= 4 is 11.8 Å². The summed E-state index contributed by atoms with van der Waals surface area (Å²) in [7, 11) is 0. The predicted octanol–water partition coefficient (Wildman–Crippen LogP) is 2.71. The summed E-state index contributed by atoms with van der Waals surface area (Å²) in [5, 5.41) is 9.36. The molecule has 1 fully saturated rings. The second-order valence-corrected chi connectivity index (χ2v) is 5.32. The zero-order chi connectivity index (χ0) is 13.3. The molecule has 1 heterocycles. The van der Waals surface area contributed by atoms with Crippen LogP contribution in [0.1, 0.15) is 42.6 Å². The van der Waals surface area contributed by atoms with Crippen LogP contribution >= 0.6 is 0 Å². The fourth-order valence-corrected chi connectivity index (χ4v) is 2.15. The van der Waals surface area contributed by atoms with Crippen molar-refractivity contribution < 1.29 is 9.90 Å². The molecular weight excluding hydrogens is 228 g/mol. The minimum Gasteiger partial charge on any atom is -0.478 e. The molecule has 0 unspecified atom stereocenters. The molecule has 0 aliphatic heterocycles. The molecule has 2 rings (SSSR count). The van der Waals surface area contributed by atoms with E-state index in [1.807, 2.05) is 6.92 Å². The Hall–Kier alpha value is -1.58. The van der Waals surface area contributed by atoms with Gasteiger partial charge in [0.1, 0.15) is 11.4 Å². The van der Waals surface area contributed by atoms with E-state index in [0.29, 0.717) is 17.3 Å². The summed E-state index contributed by atoms with van der Waals surface area (Å²) in [6, 6.07) is 2.01. The number of hydrogen-bond donors (Lipinski definition) is 1. The molecule has 1 aromatic heterocycles. The van der Waals surface area contributed by atoms with Crippen molar-refractivity contribution in [3.8, 4) is 0 Å². The highest BCUT2D eigenvalue weighted by molar-refractivity contribution is 5.95. The molecule has 1 aliphatic rings. The van der Waals surface area contributed by atoms with Gasteiger partial charge in [0.2, 0.25) is 0 Å². The van der Waals surface area contributed by atoms with E-state index in [-0.39, 0.29) is 6.04 Å². The topological polar surface area (TPSA) is 53.4 Å². The number of carboxylic acids is 1. The molecular formula is C14H20N2O2. The van der Waals surface area contributed by atoms with Crippen LogP contribution in [0.5, 0.6) is 0 Å². The van der Waals surface area contributed by atoms with E-state index in [1.54, 1.807) is 12.3 Å². The third-order valence-electron chi connectivity index (χ3n) is 3.40. The number of anilines is 1. The molecule has 0 amide bonds. The van der Waals surface area contributed by atoms with Gasteiger partial charge in [-0.05, 0) is 51.2 Å². The molecule has 4 heteroatoms. The average Bonchev–Trinajstić information content (AvgIpc) is 3.08. The van der Waals surface area contributed by atoms with Crippen molar-refractivity contribution in [2.75, 3.05) is 11.4 Å². The number of carboxylic acid groups (broad SMARTS) is 1. The number of pyridine rings is 1. The van der Waals surface area contributed by atoms with Crippen molar-refractivity contribution in [2.45, 2.75) is 39.7 Å². The van der Waals surface area contributed by atoms with E-state index in [4.69, 9.17) is 0 Å². The lowest BCUT2D eigenvalue weighted by molar-refractivity contribution is 0.0696. The molecule has 1 saturated carbocycles. The Morgan fingerprint density at radius 2 is 2.22 bits per heavy atom. The van der Waals surface area contributed by atoms with Gasteiger partial charge in [-0.25, -0.2) is 9.78 Å². The number of hydrogen-bond acceptors (Lipinski definition) is 3. The molecule has 0 bridgehead atoms. The van der Waals surface area contributed by atoms with Crippen LogP contribution < -0.4 is 4.90 Å². The summed E-state index contributed by atoms with van der Waals surface area (Å²) >= 11 is 0. The highest BCUT2D eigenvalue weighted by atomic mass is 16.4. The fraction of sp³-hybridized carbons (Fsp3) is 0.571. The van der Waals surface area contributed by atoms with Gasteiger partial charge in [0.25, 0.3) is 0 Å². The molecule has 0 saturated heterocycles. The van der Waals surface area contributed by atoms with Crippen LogP contribution in [0.3, 0.4) is 0 Å². The summed E-state index contributed by atoms with van der Waals surface area (Å²) in [6.45, 7) is 6.90. The highest BCUT2D eigenvalue weighted by Gasteiger charge is 2.28. The average molecular weight is 248 g/mol. The Morgan fingerprint density at radius 1 is 1.56 bits per heavy atom. The Kier molecular flexibility index (Phi) is 3.55. The maximum Gasteiger partial charge on any atom is 0.339 e. The molecule has 1 aromatic rings. The van der Waals surface area contributed by atoms with Crippen LogP contribution in [0.2, 0.25) is 0 Å². The Bertz CT molecular complexity index is 453. The van der Waals surface area contributed by atoms with Crippen LogP contribution in [0.25, 0.3) is 0 Å². The van der Waals surface area contributed by atoms with Gasteiger partial charge >= 0.3 is 5.97 Å². The van der Waals surface area contributed by atoms with Crippen LogP contribution in [0, 0.1) is 12.8 Å². The first kappa shape index (κ1) is 12.9. The van der Waals surface area contributed by atoms with E-state index in [2.05, 4.69) is 23.7 Å². The van der Waals surface area contributed by atoms with Gasteiger partial charge in [-0.15, -0.1) is 0 Å². The summed E-state index contributed by atoms with van der Waals surface area (Å²) in [5.41, 5.74) is 1.11. The van der Waals surface area contributed by atoms with Gasteiger partial charge in [-0.1, -0.05) is 0 Å². The molecule has 0 aromatic carbocycles. The largest absolute Gasteiger partial charge is 0.478 e. The molecule has 0 radical (unpaired) electrons. The first-order valence-electron chi connectivity index (χ1n) is 6.46. The predicted molar refractivity (Wildman–Crippen MR) is 71.1 cm³/mol. The van der Waals surface area contributed by atoms with E-state index in [0.717, 1.165) is 12.1 Å². The van der Waals surface area contributed by atoms with Gasteiger partial charge in [0, 0.05) is 18.8 Å². The summed E-state index contributed by atoms with van der Waals surface area (Å²) < 4.78 is 0. The highest BCUT2D eigenvalue weighted by Crippen LogP contribution is 2.33. The van der Waals surface area contributed by atoms with E-state index >= 15 is 0 Å².